The van der Waals surface area contributed by atoms with Crippen molar-refractivity contribution in [1.82, 2.24) is 9.13 Å². The number of hydrogen-bond donors (Lipinski definition) is 1. The number of esters is 1. The normalized spacial score (nSPS) is 12.0. The number of nitrogen functional groups attached to an aromatic ring is 1. The van der Waals surface area contributed by atoms with Gasteiger partial charge in [-0.25, -0.2) is 4.79 Å². The van der Waals surface area contributed by atoms with E-state index in [1.807, 2.05) is 51.1 Å². The molecule has 0 aliphatic rings. The Kier molecular flexibility index (Phi) is 7.14. The summed E-state index contributed by atoms with van der Waals surface area (Å²) in [6.45, 7) is 5.30. The molecule has 0 saturated carbocycles. The first kappa shape index (κ1) is 22.1. The van der Waals surface area contributed by atoms with Gasteiger partial charge in [0, 0.05) is 13.6 Å². The number of nitrogens with two attached hydrogens (primary N) is 1. The molecule has 156 valence electrons. The van der Waals surface area contributed by atoms with E-state index in [1.165, 1.54) is 11.6 Å². The highest BCUT2D eigenvalue weighted by Gasteiger charge is 2.23. The standard InChI is InChI=1S/C21H27N3O5/c1-13(2)11-24-19(22)18(20(27)23(4)21(24)28)16(25)12-29-17(26)10-14(3)15-8-6-5-7-9-15/h5-9,13-14H,10-12,22H2,1-4H3/t14-/m0/s1. The Morgan fingerprint density at radius 3 is 2.31 bits per heavy atom. The zero-order valence-electron chi connectivity index (χ0n) is 17.2. The summed E-state index contributed by atoms with van der Waals surface area (Å²) in [4.78, 5) is 49.4. The number of carbonyl (C=O) groups excluding carboxylic acids is 2. The molecule has 8 heteroatoms. The van der Waals surface area contributed by atoms with Crippen molar-refractivity contribution in [2.75, 3.05) is 12.3 Å². The molecule has 8 nitrogen and oxygen atoms in total. The quantitative estimate of drug-likeness (QED) is 0.532. The Morgan fingerprint density at radius 2 is 1.72 bits per heavy atom. The molecule has 1 aromatic carbocycles. The molecular formula is C21H27N3O5. The van der Waals surface area contributed by atoms with Gasteiger partial charge in [0.1, 0.15) is 11.4 Å². The maximum absolute atomic E-state index is 12.6. The molecule has 1 atom stereocenters. The van der Waals surface area contributed by atoms with Crippen LogP contribution in [0.15, 0.2) is 39.9 Å². The van der Waals surface area contributed by atoms with Gasteiger partial charge in [0.05, 0.1) is 6.42 Å². The molecule has 2 N–H and O–H groups in total. The molecule has 1 heterocycles. The first-order valence-corrected chi connectivity index (χ1v) is 9.46. The lowest BCUT2D eigenvalue weighted by molar-refractivity contribution is -0.142. The molecule has 0 fully saturated rings. The molecule has 1 aromatic heterocycles. The highest BCUT2D eigenvalue weighted by molar-refractivity contribution is 6.01. The van der Waals surface area contributed by atoms with E-state index in [9.17, 15) is 19.2 Å². The molecule has 2 aromatic rings. The highest BCUT2D eigenvalue weighted by Crippen LogP contribution is 2.19. The zero-order chi connectivity index (χ0) is 21.7. The predicted octanol–water partition coefficient (Wildman–Crippen LogP) is 1.70. The summed E-state index contributed by atoms with van der Waals surface area (Å²) in [5.74, 6) is -1.50. The van der Waals surface area contributed by atoms with Crippen molar-refractivity contribution in [2.45, 2.75) is 39.7 Å². The van der Waals surface area contributed by atoms with E-state index in [2.05, 4.69) is 0 Å². The molecule has 0 radical (unpaired) electrons. The monoisotopic (exact) mass is 401 g/mol. The SMILES string of the molecule is CC(C)Cn1c(N)c(C(=O)COC(=O)C[C@H](C)c2ccccc2)c(=O)n(C)c1=O. The fourth-order valence-corrected chi connectivity index (χ4v) is 3.01. The first-order chi connectivity index (χ1) is 13.6. The van der Waals surface area contributed by atoms with E-state index in [1.54, 1.807) is 0 Å². The Bertz CT molecular complexity index is 1010. The average Bonchev–Trinajstić information content (AvgIpc) is 2.68. The number of anilines is 1. The van der Waals surface area contributed by atoms with Crippen LogP contribution in [0.4, 0.5) is 5.82 Å². The van der Waals surface area contributed by atoms with Crippen molar-refractivity contribution in [3.63, 3.8) is 0 Å². The van der Waals surface area contributed by atoms with Crippen LogP contribution in [0.1, 0.15) is 49.0 Å². The molecular weight excluding hydrogens is 374 g/mol. The lowest BCUT2D eigenvalue weighted by Gasteiger charge is -2.16. The molecule has 0 bridgehead atoms. The summed E-state index contributed by atoms with van der Waals surface area (Å²) in [7, 11) is 1.28. The Labute approximate surface area is 168 Å². The highest BCUT2D eigenvalue weighted by atomic mass is 16.5. The fourth-order valence-electron chi connectivity index (χ4n) is 3.01. The molecule has 2 rings (SSSR count). The maximum Gasteiger partial charge on any atom is 0.332 e. The number of hydrogen-bond acceptors (Lipinski definition) is 6. The second-order valence-electron chi connectivity index (χ2n) is 7.51. The molecule has 0 aliphatic heterocycles. The average molecular weight is 401 g/mol. The second kappa shape index (κ2) is 9.36. The van der Waals surface area contributed by atoms with Crippen molar-refractivity contribution in [3.05, 3.63) is 62.3 Å². The minimum absolute atomic E-state index is 0.0766. The second-order valence-corrected chi connectivity index (χ2v) is 7.51. The molecule has 0 unspecified atom stereocenters. The van der Waals surface area contributed by atoms with Gasteiger partial charge in [-0.1, -0.05) is 51.1 Å². The van der Waals surface area contributed by atoms with Crippen molar-refractivity contribution in [3.8, 4) is 0 Å². The van der Waals surface area contributed by atoms with Gasteiger partial charge < -0.3 is 10.5 Å². The van der Waals surface area contributed by atoms with Crippen LogP contribution in [0.5, 0.6) is 0 Å². The molecule has 0 saturated heterocycles. The molecule has 0 aliphatic carbocycles. The van der Waals surface area contributed by atoms with Gasteiger partial charge in [0.15, 0.2) is 6.61 Å². The number of ether oxygens (including phenoxy) is 1. The van der Waals surface area contributed by atoms with Crippen LogP contribution < -0.4 is 17.0 Å². The van der Waals surface area contributed by atoms with E-state index in [-0.39, 0.29) is 36.2 Å². The summed E-state index contributed by atoms with van der Waals surface area (Å²) in [5, 5.41) is 0. The van der Waals surface area contributed by atoms with Crippen LogP contribution >= 0.6 is 0 Å². The smallest absolute Gasteiger partial charge is 0.332 e. The number of aromatic nitrogens is 2. The molecule has 0 spiro atoms. The van der Waals surface area contributed by atoms with Gasteiger partial charge in [-0.05, 0) is 17.4 Å². The third kappa shape index (κ3) is 5.22. The fraction of sp³-hybridized carbons (Fsp3) is 0.429. The zero-order valence-corrected chi connectivity index (χ0v) is 17.2. The van der Waals surface area contributed by atoms with Crippen LogP contribution in [0.25, 0.3) is 0 Å². The summed E-state index contributed by atoms with van der Waals surface area (Å²) in [6, 6.07) is 9.46. The van der Waals surface area contributed by atoms with Crippen LogP contribution in [-0.4, -0.2) is 27.5 Å². The van der Waals surface area contributed by atoms with Crippen LogP contribution in [0, 0.1) is 5.92 Å². The van der Waals surface area contributed by atoms with Crippen molar-refractivity contribution in [1.29, 1.82) is 0 Å². The topological polar surface area (TPSA) is 113 Å². The van der Waals surface area contributed by atoms with Crippen LogP contribution in [0.2, 0.25) is 0 Å². The van der Waals surface area contributed by atoms with Gasteiger partial charge in [-0.2, -0.15) is 0 Å². The Morgan fingerprint density at radius 1 is 1.10 bits per heavy atom. The molecule has 29 heavy (non-hydrogen) atoms. The number of rotatable bonds is 8. The van der Waals surface area contributed by atoms with Gasteiger partial charge in [-0.3, -0.25) is 23.5 Å². The van der Waals surface area contributed by atoms with E-state index in [0.717, 1.165) is 10.1 Å². The Hall–Kier alpha value is -3.16. The van der Waals surface area contributed by atoms with Crippen LogP contribution in [0.3, 0.4) is 0 Å². The van der Waals surface area contributed by atoms with Crippen molar-refractivity contribution in [2.24, 2.45) is 13.0 Å². The van der Waals surface area contributed by atoms with E-state index < -0.39 is 29.6 Å². The lowest BCUT2D eigenvalue weighted by Crippen LogP contribution is -2.43. The van der Waals surface area contributed by atoms with Gasteiger partial charge in [-0.15, -0.1) is 0 Å². The largest absolute Gasteiger partial charge is 0.457 e. The number of ketones is 1. The minimum atomic E-state index is -0.800. The third-order valence-corrected chi connectivity index (χ3v) is 4.62. The molecule has 0 amide bonds. The van der Waals surface area contributed by atoms with Gasteiger partial charge in [0.2, 0.25) is 5.78 Å². The summed E-state index contributed by atoms with van der Waals surface area (Å²) in [6.07, 6.45) is 0.0949. The Balaban J connectivity index is 2.14. The van der Waals surface area contributed by atoms with E-state index in [4.69, 9.17) is 10.5 Å². The third-order valence-electron chi connectivity index (χ3n) is 4.62. The van der Waals surface area contributed by atoms with Crippen molar-refractivity contribution < 1.29 is 14.3 Å². The summed E-state index contributed by atoms with van der Waals surface area (Å²) < 4.78 is 7.10. The predicted molar refractivity (Wildman–Crippen MR) is 110 cm³/mol. The van der Waals surface area contributed by atoms with Crippen molar-refractivity contribution >= 4 is 17.6 Å². The lowest BCUT2D eigenvalue weighted by atomic mass is 9.98. The number of benzene rings is 1. The number of Topliss-reactive ketones (excluding diaryl/α,β-unsaturated/α-hetero) is 1. The summed E-state index contributed by atoms with van der Waals surface area (Å²) in [5.41, 5.74) is 5.21. The van der Waals surface area contributed by atoms with E-state index >= 15 is 0 Å². The number of carbonyl (C=O) groups is 2. The van der Waals surface area contributed by atoms with Gasteiger partial charge >= 0.3 is 11.7 Å². The number of nitrogens with zero attached hydrogens (tertiary/aromatic N) is 2. The minimum Gasteiger partial charge on any atom is -0.457 e. The summed E-state index contributed by atoms with van der Waals surface area (Å²) >= 11 is 0. The van der Waals surface area contributed by atoms with Gasteiger partial charge in [0.25, 0.3) is 5.56 Å². The van der Waals surface area contributed by atoms with Crippen LogP contribution in [-0.2, 0) is 23.1 Å². The van der Waals surface area contributed by atoms with E-state index in [0.29, 0.717) is 0 Å². The maximum atomic E-state index is 12.6. The first-order valence-electron chi connectivity index (χ1n) is 9.46.